The van der Waals surface area contributed by atoms with Gasteiger partial charge in [-0.2, -0.15) is 0 Å². The van der Waals surface area contributed by atoms with Crippen molar-refractivity contribution in [2.24, 2.45) is 0 Å². The summed E-state index contributed by atoms with van der Waals surface area (Å²) in [6, 6.07) is 5.26. The van der Waals surface area contributed by atoms with Crippen LogP contribution >= 0.6 is 34.2 Å². The van der Waals surface area contributed by atoms with E-state index in [9.17, 15) is 9.59 Å². The zero-order valence-corrected chi connectivity index (χ0v) is 12.5. The third kappa shape index (κ3) is 3.35. The van der Waals surface area contributed by atoms with Gasteiger partial charge in [0.1, 0.15) is 0 Å². The van der Waals surface area contributed by atoms with Gasteiger partial charge in [0.05, 0.1) is 12.2 Å². The predicted octanol–water partition coefficient (Wildman–Crippen LogP) is 2.51. The molecule has 1 heterocycles. The highest BCUT2D eigenvalue weighted by molar-refractivity contribution is 14.1. The van der Waals surface area contributed by atoms with Gasteiger partial charge in [0, 0.05) is 21.6 Å². The van der Waals surface area contributed by atoms with E-state index < -0.39 is 0 Å². The van der Waals surface area contributed by atoms with E-state index in [1.54, 1.807) is 23.1 Å². The predicted molar refractivity (Wildman–Crippen MR) is 78.6 cm³/mol. The van der Waals surface area contributed by atoms with E-state index in [0.717, 1.165) is 15.7 Å². The Morgan fingerprint density at radius 3 is 2.89 bits per heavy atom. The van der Waals surface area contributed by atoms with Crippen LogP contribution in [0, 0.1) is 3.57 Å². The van der Waals surface area contributed by atoms with Crippen molar-refractivity contribution in [3.05, 3.63) is 26.8 Å². The quantitative estimate of drug-likeness (QED) is 0.822. The van der Waals surface area contributed by atoms with Gasteiger partial charge in [-0.1, -0.05) is 11.6 Å². The number of benzene rings is 1. The van der Waals surface area contributed by atoms with E-state index in [1.165, 1.54) is 0 Å². The molecule has 0 spiro atoms. The first-order chi connectivity index (χ1) is 8.56. The summed E-state index contributed by atoms with van der Waals surface area (Å²) in [6.45, 7) is 0.793. The van der Waals surface area contributed by atoms with E-state index in [0.29, 0.717) is 18.0 Å². The van der Waals surface area contributed by atoms with Crippen LogP contribution in [0.5, 0.6) is 0 Å². The lowest BCUT2D eigenvalue weighted by Gasteiger charge is -2.15. The summed E-state index contributed by atoms with van der Waals surface area (Å²) < 4.78 is 0.876. The zero-order chi connectivity index (χ0) is 13.1. The summed E-state index contributed by atoms with van der Waals surface area (Å²) in [5, 5.41) is 3.42. The Morgan fingerprint density at radius 1 is 1.50 bits per heavy atom. The van der Waals surface area contributed by atoms with Crippen LogP contribution in [0.3, 0.4) is 0 Å². The van der Waals surface area contributed by atoms with Gasteiger partial charge in [-0.25, -0.2) is 0 Å². The number of likely N-dealkylation sites (tertiary alicyclic amines) is 1. The van der Waals surface area contributed by atoms with Gasteiger partial charge in [0.15, 0.2) is 0 Å². The average Bonchev–Trinajstić information content (AvgIpc) is 2.69. The SMILES string of the molecule is O=C(CN1CCCC1=O)Nc1ccc(Cl)cc1I. The van der Waals surface area contributed by atoms with Crippen molar-refractivity contribution < 1.29 is 9.59 Å². The molecule has 1 N–H and O–H groups in total. The van der Waals surface area contributed by atoms with Crippen LogP contribution < -0.4 is 5.32 Å². The Balaban J connectivity index is 1.96. The Bertz CT molecular complexity index is 493. The molecule has 0 atom stereocenters. The maximum absolute atomic E-state index is 11.8. The van der Waals surface area contributed by atoms with Gasteiger partial charge in [-0.3, -0.25) is 9.59 Å². The first kappa shape index (κ1) is 13.6. The molecule has 1 aromatic carbocycles. The second kappa shape index (κ2) is 5.88. The van der Waals surface area contributed by atoms with Crippen molar-refractivity contribution in [3.63, 3.8) is 0 Å². The monoisotopic (exact) mass is 378 g/mol. The standard InChI is InChI=1S/C12H12ClIN2O2/c13-8-3-4-10(9(14)6-8)15-11(17)7-16-5-1-2-12(16)18/h3-4,6H,1-2,5,7H2,(H,15,17). The molecule has 0 unspecified atom stereocenters. The number of rotatable bonds is 3. The number of nitrogens with zero attached hydrogens (tertiary/aromatic N) is 1. The molecule has 1 saturated heterocycles. The Hall–Kier alpha value is -0.820. The maximum Gasteiger partial charge on any atom is 0.244 e. The number of nitrogens with one attached hydrogen (secondary N) is 1. The fraction of sp³-hybridized carbons (Fsp3) is 0.333. The lowest BCUT2D eigenvalue weighted by atomic mass is 10.3. The molecular formula is C12H12ClIN2O2. The van der Waals surface area contributed by atoms with Crippen LogP contribution in [0.15, 0.2) is 18.2 Å². The summed E-state index contributed by atoms with van der Waals surface area (Å²) in [4.78, 5) is 24.8. The number of amides is 2. The van der Waals surface area contributed by atoms with Gasteiger partial charge in [0.25, 0.3) is 0 Å². The van der Waals surface area contributed by atoms with Gasteiger partial charge in [0.2, 0.25) is 11.8 Å². The second-order valence-corrected chi connectivity index (χ2v) is 5.69. The Kier molecular flexibility index (Phi) is 4.45. The highest BCUT2D eigenvalue weighted by atomic mass is 127. The van der Waals surface area contributed by atoms with Gasteiger partial charge < -0.3 is 10.2 Å². The van der Waals surface area contributed by atoms with Crippen molar-refractivity contribution in [3.8, 4) is 0 Å². The fourth-order valence-electron chi connectivity index (χ4n) is 1.83. The maximum atomic E-state index is 11.8. The molecule has 1 aromatic rings. The van der Waals surface area contributed by atoms with Crippen LogP contribution in [0.25, 0.3) is 0 Å². The van der Waals surface area contributed by atoms with Crippen LogP contribution in [-0.2, 0) is 9.59 Å². The molecule has 1 aliphatic heterocycles. The van der Waals surface area contributed by atoms with Gasteiger partial charge in [-0.05, 0) is 47.2 Å². The zero-order valence-electron chi connectivity index (χ0n) is 9.58. The highest BCUT2D eigenvalue weighted by Gasteiger charge is 2.22. The minimum atomic E-state index is -0.175. The van der Waals surface area contributed by atoms with E-state index in [4.69, 9.17) is 11.6 Å². The molecule has 1 aliphatic rings. The molecule has 0 saturated carbocycles. The average molecular weight is 379 g/mol. The Morgan fingerprint density at radius 2 is 2.28 bits per heavy atom. The molecule has 0 aromatic heterocycles. The molecule has 0 aliphatic carbocycles. The molecule has 6 heteroatoms. The van der Waals surface area contributed by atoms with Crippen molar-refractivity contribution >= 4 is 51.7 Å². The third-order valence-corrected chi connectivity index (χ3v) is 3.84. The van der Waals surface area contributed by atoms with Crippen LogP contribution in [0.1, 0.15) is 12.8 Å². The van der Waals surface area contributed by atoms with Crippen molar-refractivity contribution in [2.45, 2.75) is 12.8 Å². The fourth-order valence-corrected chi connectivity index (χ4v) is 2.83. The first-order valence-electron chi connectivity index (χ1n) is 5.59. The van der Waals surface area contributed by atoms with Crippen molar-refractivity contribution in [2.75, 3.05) is 18.4 Å². The highest BCUT2D eigenvalue weighted by Crippen LogP contribution is 2.22. The van der Waals surface area contributed by atoms with Gasteiger partial charge in [-0.15, -0.1) is 0 Å². The largest absolute Gasteiger partial charge is 0.333 e. The normalized spacial score (nSPS) is 15.0. The lowest BCUT2D eigenvalue weighted by Crippen LogP contribution is -2.34. The molecule has 0 radical (unpaired) electrons. The Labute approximate surface area is 124 Å². The summed E-state index contributed by atoms with van der Waals surface area (Å²) in [5.74, 6) is -0.124. The first-order valence-corrected chi connectivity index (χ1v) is 7.04. The van der Waals surface area contributed by atoms with Crippen molar-refractivity contribution in [1.82, 2.24) is 4.90 Å². The number of carbonyl (C=O) groups is 2. The van der Waals surface area contributed by atoms with E-state index >= 15 is 0 Å². The topological polar surface area (TPSA) is 49.4 Å². The van der Waals surface area contributed by atoms with Crippen LogP contribution in [0.2, 0.25) is 5.02 Å². The summed E-state index contributed by atoms with van der Waals surface area (Å²) in [6.07, 6.45) is 1.39. The van der Waals surface area contributed by atoms with E-state index in [-0.39, 0.29) is 18.4 Å². The summed E-state index contributed by atoms with van der Waals surface area (Å²) >= 11 is 7.95. The number of anilines is 1. The number of halogens is 2. The molecular weight excluding hydrogens is 367 g/mol. The van der Waals surface area contributed by atoms with E-state index in [1.807, 2.05) is 0 Å². The lowest BCUT2D eigenvalue weighted by molar-refractivity contribution is -0.131. The molecule has 0 bridgehead atoms. The minimum absolute atomic E-state index is 0.0518. The summed E-state index contributed by atoms with van der Waals surface area (Å²) in [5.41, 5.74) is 0.719. The number of carbonyl (C=O) groups excluding carboxylic acids is 2. The molecule has 18 heavy (non-hydrogen) atoms. The second-order valence-electron chi connectivity index (χ2n) is 4.09. The van der Waals surface area contributed by atoms with Crippen molar-refractivity contribution in [1.29, 1.82) is 0 Å². The summed E-state index contributed by atoms with van der Waals surface area (Å²) in [7, 11) is 0. The molecule has 1 fully saturated rings. The van der Waals surface area contributed by atoms with E-state index in [2.05, 4.69) is 27.9 Å². The number of hydrogen-bond donors (Lipinski definition) is 1. The molecule has 2 rings (SSSR count). The molecule has 2 amide bonds. The van der Waals surface area contributed by atoms with Gasteiger partial charge >= 0.3 is 0 Å². The molecule has 4 nitrogen and oxygen atoms in total. The van der Waals surface area contributed by atoms with Crippen LogP contribution in [0.4, 0.5) is 5.69 Å². The third-order valence-electron chi connectivity index (χ3n) is 2.71. The minimum Gasteiger partial charge on any atom is -0.333 e. The molecule has 96 valence electrons. The number of hydrogen-bond acceptors (Lipinski definition) is 2. The van der Waals surface area contributed by atoms with Crippen LogP contribution in [-0.4, -0.2) is 29.8 Å². The smallest absolute Gasteiger partial charge is 0.244 e.